The van der Waals surface area contributed by atoms with Gasteiger partial charge in [-0.3, -0.25) is 4.79 Å². The zero-order chi connectivity index (χ0) is 23.8. The van der Waals surface area contributed by atoms with Gasteiger partial charge in [0.15, 0.2) is 15.6 Å². The van der Waals surface area contributed by atoms with E-state index in [0.717, 1.165) is 14.5 Å². The summed E-state index contributed by atoms with van der Waals surface area (Å²) in [5, 5.41) is -0.352. The molecule has 1 aliphatic heterocycles. The first-order chi connectivity index (χ1) is 15.5. The van der Waals surface area contributed by atoms with E-state index in [1.54, 1.807) is 12.1 Å². The summed E-state index contributed by atoms with van der Waals surface area (Å²) in [5.41, 5.74) is 0.802. The van der Waals surface area contributed by atoms with E-state index in [2.05, 4.69) is 31.9 Å². The normalized spacial score (nSPS) is 17.7. The van der Waals surface area contributed by atoms with Crippen molar-refractivity contribution >= 4 is 57.4 Å². The second-order valence-electron chi connectivity index (χ2n) is 7.70. The van der Waals surface area contributed by atoms with Gasteiger partial charge < -0.3 is 9.32 Å². The van der Waals surface area contributed by atoms with Crippen LogP contribution in [-0.4, -0.2) is 45.2 Å². The average molecular weight is 617 g/mol. The van der Waals surface area contributed by atoms with Gasteiger partial charge in [-0.15, -0.1) is 0 Å². The highest BCUT2D eigenvalue weighted by atomic mass is 79.9. The molecular formula is C22H19Br2NO6S2. The predicted molar refractivity (Wildman–Crippen MR) is 129 cm³/mol. The van der Waals surface area contributed by atoms with Crippen molar-refractivity contribution in [2.75, 3.05) is 11.5 Å². The molecule has 7 nitrogen and oxygen atoms in total. The SMILES string of the molecule is O=C(c1ccc(S(=O)(=O)c2ccc(Br)cc2)o1)N(Cc1cccc(Br)c1)C1CCS(=O)(=O)C1. The molecule has 1 unspecified atom stereocenters. The Morgan fingerprint density at radius 3 is 2.39 bits per heavy atom. The number of nitrogens with zero attached hydrogens (tertiary/aromatic N) is 1. The Morgan fingerprint density at radius 2 is 1.76 bits per heavy atom. The zero-order valence-electron chi connectivity index (χ0n) is 17.1. The minimum absolute atomic E-state index is 0.00127. The lowest BCUT2D eigenvalue weighted by atomic mass is 10.1. The second kappa shape index (κ2) is 9.36. The van der Waals surface area contributed by atoms with Gasteiger partial charge in [0, 0.05) is 21.5 Å². The maximum absolute atomic E-state index is 13.4. The van der Waals surface area contributed by atoms with Crippen molar-refractivity contribution in [1.29, 1.82) is 0 Å². The largest absolute Gasteiger partial charge is 0.439 e. The Hall–Kier alpha value is -1.95. The van der Waals surface area contributed by atoms with Crippen LogP contribution in [-0.2, 0) is 26.2 Å². The van der Waals surface area contributed by atoms with Crippen LogP contribution in [0.15, 0.2) is 84.0 Å². The van der Waals surface area contributed by atoms with E-state index in [4.69, 9.17) is 4.42 Å². The van der Waals surface area contributed by atoms with Crippen molar-refractivity contribution in [2.45, 2.75) is 29.0 Å². The van der Waals surface area contributed by atoms with Crippen LogP contribution >= 0.6 is 31.9 Å². The summed E-state index contributed by atoms with van der Waals surface area (Å²) in [6.45, 7) is 0.161. The molecule has 2 aromatic carbocycles. The number of rotatable bonds is 6. The third kappa shape index (κ3) is 5.42. The van der Waals surface area contributed by atoms with Crippen LogP contribution in [0.1, 0.15) is 22.5 Å². The van der Waals surface area contributed by atoms with E-state index >= 15 is 0 Å². The van der Waals surface area contributed by atoms with Crippen molar-refractivity contribution in [2.24, 2.45) is 0 Å². The second-order valence-corrected chi connectivity index (χ2v) is 13.6. The smallest absolute Gasteiger partial charge is 0.290 e. The van der Waals surface area contributed by atoms with Crippen molar-refractivity contribution < 1.29 is 26.0 Å². The number of sulfone groups is 2. The van der Waals surface area contributed by atoms with E-state index in [0.29, 0.717) is 6.42 Å². The number of hydrogen-bond acceptors (Lipinski definition) is 6. The number of benzene rings is 2. The Kier molecular flexibility index (Phi) is 6.86. The minimum Gasteiger partial charge on any atom is -0.439 e. The minimum atomic E-state index is -3.96. The molecule has 1 saturated heterocycles. The molecule has 1 amide bonds. The standard InChI is InChI=1S/C22H19Br2NO6S2/c23-16-4-6-19(7-5-16)33(29,30)21-9-8-20(31-21)22(26)25(18-10-11-32(27,28)14-18)13-15-2-1-3-17(24)12-15/h1-9,12,18H,10-11,13-14H2. The fourth-order valence-electron chi connectivity index (χ4n) is 3.67. The molecule has 3 aromatic rings. The summed E-state index contributed by atoms with van der Waals surface area (Å²) in [5.74, 6) is -0.863. The first kappa shape index (κ1) is 24.2. The molecule has 2 heterocycles. The van der Waals surface area contributed by atoms with E-state index in [1.165, 1.54) is 29.2 Å². The molecule has 0 radical (unpaired) electrons. The van der Waals surface area contributed by atoms with Crippen LogP contribution in [0.25, 0.3) is 0 Å². The van der Waals surface area contributed by atoms with Crippen molar-refractivity contribution in [1.82, 2.24) is 4.90 Å². The van der Waals surface area contributed by atoms with E-state index < -0.39 is 31.6 Å². The lowest BCUT2D eigenvalue weighted by Crippen LogP contribution is -2.40. The first-order valence-electron chi connectivity index (χ1n) is 9.91. The Bertz CT molecular complexity index is 1400. The summed E-state index contributed by atoms with van der Waals surface area (Å²) < 4.78 is 57.0. The van der Waals surface area contributed by atoms with Gasteiger partial charge in [0.1, 0.15) is 0 Å². The Morgan fingerprint density at radius 1 is 1.03 bits per heavy atom. The number of carbonyl (C=O) groups excluding carboxylic acids is 1. The van der Waals surface area contributed by atoms with Gasteiger partial charge in [-0.25, -0.2) is 16.8 Å². The Balaban J connectivity index is 1.65. The number of furan rings is 1. The summed E-state index contributed by atoms with van der Waals surface area (Å²) in [6, 6.07) is 15.4. The van der Waals surface area contributed by atoms with E-state index in [9.17, 15) is 21.6 Å². The highest BCUT2D eigenvalue weighted by Gasteiger charge is 2.36. The monoisotopic (exact) mass is 615 g/mol. The van der Waals surface area contributed by atoms with E-state index in [-0.39, 0.29) is 33.8 Å². The quantitative estimate of drug-likeness (QED) is 0.405. The fraction of sp³-hybridized carbons (Fsp3) is 0.227. The predicted octanol–water partition coefficient (Wildman–Crippen LogP) is 4.47. The third-order valence-corrected chi connectivity index (χ3v) is 9.75. The molecular weight excluding hydrogens is 598 g/mol. The highest BCUT2D eigenvalue weighted by Crippen LogP contribution is 2.27. The van der Waals surface area contributed by atoms with Crippen LogP contribution in [0.2, 0.25) is 0 Å². The molecule has 33 heavy (non-hydrogen) atoms. The number of carbonyl (C=O) groups is 1. The summed E-state index contributed by atoms with van der Waals surface area (Å²) >= 11 is 6.67. The van der Waals surface area contributed by atoms with Gasteiger partial charge in [0.2, 0.25) is 14.9 Å². The van der Waals surface area contributed by atoms with E-state index in [1.807, 2.05) is 24.3 Å². The molecule has 0 bridgehead atoms. The van der Waals surface area contributed by atoms with Crippen LogP contribution < -0.4 is 0 Å². The van der Waals surface area contributed by atoms with Crippen molar-refractivity contribution in [3.05, 3.63) is 80.9 Å². The van der Waals surface area contributed by atoms with Crippen LogP contribution in [0, 0.1) is 0 Å². The van der Waals surface area contributed by atoms with Crippen LogP contribution in [0.5, 0.6) is 0 Å². The third-order valence-electron chi connectivity index (χ3n) is 5.33. The zero-order valence-corrected chi connectivity index (χ0v) is 22.0. The number of hydrogen-bond donors (Lipinski definition) is 0. The van der Waals surface area contributed by atoms with Gasteiger partial charge in [-0.2, -0.15) is 0 Å². The van der Waals surface area contributed by atoms with Crippen molar-refractivity contribution in [3.8, 4) is 0 Å². The molecule has 0 N–H and O–H groups in total. The number of amides is 1. The van der Waals surface area contributed by atoms with Crippen molar-refractivity contribution in [3.63, 3.8) is 0 Å². The Labute approximate surface area is 208 Å². The molecule has 0 aliphatic carbocycles. The molecule has 11 heteroatoms. The molecule has 0 saturated carbocycles. The maximum Gasteiger partial charge on any atom is 0.290 e. The molecule has 4 rings (SSSR count). The lowest BCUT2D eigenvalue weighted by Gasteiger charge is -2.27. The summed E-state index contributed by atoms with van der Waals surface area (Å²) in [6.07, 6.45) is 0.312. The highest BCUT2D eigenvalue weighted by molar-refractivity contribution is 9.10. The maximum atomic E-state index is 13.4. The summed E-state index contributed by atoms with van der Waals surface area (Å²) in [4.78, 5) is 14.9. The van der Waals surface area contributed by atoms with Gasteiger partial charge in [-0.1, -0.05) is 44.0 Å². The van der Waals surface area contributed by atoms with Gasteiger partial charge in [0.05, 0.1) is 16.4 Å². The van der Waals surface area contributed by atoms with Gasteiger partial charge in [-0.05, 0) is 60.5 Å². The molecule has 174 valence electrons. The molecule has 0 spiro atoms. The molecule has 1 atom stereocenters. The summed E-state index contributed by atoms with van der Waals surface area (Å²) in [7, 11) is -7.20. The van der Waals surface area contributed by atoms with Gasteiger partial charge >= 0.3 is 0 Å². The van der Waals surface area contributed by atoms with Crippen LogP contribution in [0.3, 0.4) is 0 Å². The van der Waals surface area contributed by atoms with Crippen LogP contribution in [0.4, 0.5) is 0 Å². The average Bonchev–Trinajstić information content (AvgIpc) is 3.39. The lowest BCUT2D eigenvalue weighted by molar-refractivity contribution is 0.0642. The molecule has 1 aliphatic rings. The topological polar surface area (TPSA) is 102 Å². The first-order valence-corrected chi connectivity index (χ1v) is 14.8. The molecule has 1 fully saturated rings. The molecule has 1 aromatic heterocycles. The number of halogens is 2. The fourth-order valence-corrected chi connectivity index (χ4v) is 7.29. The van der Waals surface area contributed by atoms with Gasteiger partial charge in [0.25, 0.3) is 5.91 Å².